The number of unbranched alkanes of at least 4 members (excludes halogenated alkanes) is 4. The smallest absolute Gasteiger partial charge is 0.115 e. The van der Waals surface area contributed by atoms with Gasteiger partial charge in [-0.25, -0.2) is 0 Å². The van der Waals surface area contributed by atoms with Gasteiger partial charge in [-0.3, -0.25) is 0 Å². The van der Waals surface area contributed by atoms with Gasteiger partial charge in [0, 0.05) is 0 Å². The van der Waals surface area contributed by atoms with Crippen LogP contribution in [0.5, 0.6) is 5.75 Å². The highest BCUT2D eigenvalue weighted by Gasteiger charge is 2.20. The zero-order valence-corrected chi connectivity index (χ0v) is 14.4. The van der Waals surface area contributed by atoms with Crippen molar-refractivity contribution in [1.29, 1.82) is 0 Å². The summed E-state index contributed by atoms with van der Waals surface area (Å²) in [6.45, 7) is 2.29. The van der Waals surface area contributed by atoms with Crippen molar-refractivity contribution in [2.45, 2.75) is 84.0 Å². The summed E-state index contributed by atoms with van der Waals surface area (Å²) in [5.74, 6) is 2.33. The molecule has 1 aliphatic carbocycles. The topological polar surface area (TPSA) is 20.2 Å². The number of phenolic OH excluding ortho intramolecular Hbond substituents is 1. The molecule has 0 bridgehead atoms. The summed E-state index contributed by atoms with van der Waals surface area (Å²) in [5, 5.41) is 9.32. The van der Waals surface area contributed by atoms with Crippen LogP contribution in [0.2, 0.25) is 0 Å². The second kappa shape index (κ2) is 9.92. The van der Waals surface area contributed by atoms with E-state index in [1.165, 1.54) is 82.6 Å². The maximum absolute atomic E-state index is 9.32. The first-order chi connectivity index (χ1) is 10.8. The highest BCUT2D eigenvalue weighted by Crippen LogP contribution is 2.34. The molecule has 0 aromatic heterocycles. The average Bonchev–Trinajstić information content (AvgIpc) is 2.55. The molecule has 1 aromatic carbocycles. The molecule has 1 aromatic rings. The number of rotatable bonds is 9. The van der Waals surface area contributed by atoms with Crippen LogP contribution in [-0.4, -0.2) is 5.11 Å². The van der Waals surface area contributed by atoms with Crippen LogP contribution in [0.25, 0.3) is 0 Å². The second-order valence-electron chi connectivity index (χ2n) is 7.29. The molecule has 1 saturated carbocycles. The summed E-state index contributed by atoms with van der Waals surface area (Å²) in [7, 11) is 0. The minimum Gasteiger partial charge on any atom is -0.508 e. The first-order valence-electron chi connectivity index (χ1n) is 9.56. The highest BCUT2D eigenvalue weighted by molar-refractivity contribution is 5.25. The van der Waals surface area contributed by atoms with E-state index in [-0.39, 0.29) is 0 Å². The molecule has 0 radical (unpaired) electrons. The molecular formula is C21H34O. The lowest BCUT2D eigenvalue weighted by molar-refractivity contribution is 0.248. The molecule has 1 aliphatic rings. The number of hydrogen-bond donors (Lipinski definition) is 1. The average molecular weight is 303 g/mol. The summed E-state index contributed by atoms with van der Waals surface area (Å²) in [4.78, 5) is 0. The van der Waals surface area contributed by atoms with E-state index in [1.54, 1.807) is 0 Å². The summed E-state index contributed by atoms with van der Waals surface area (Å²) in [5.41, 5.74) is 1.37. The van der Waals surface area contributed by atoms with Crippen molar-refractivity contribution in [3.63, 3.8) is 0 Å². The van der Waals surface area contributed by atoms with Crippen LogP contribution in [0.4, 0.5) is 0 Å². The van der Waals surface area contributed by atoms with Gasteiger partial charge in [-0.2, -0.15) is 0 Å². The molecule has 1 fully saturated rings. The SMILES string of the molecule is CCCCCCCC1CCC(CCc2ccc(O)cc2)CC1. The Bertz CT molecular complexity index is 387. The Kier molecular flexibility index (Phi) is 7.83. The predicted octanol–water partition coefficient (Wildman–Crippen LogP) is 6.49. The van der Waals surface area contributed by atoms with Crippen LogP contribution < -0.4 is 0 Å². The summed E-state index contributed by atoms with van der Waals surface area (Å²) in [6.07, 6.45) is 16.9. The van der Waals surface area contributed by atoms with Crippen LogP contribution >= 0.6 is 0 Å². The number of aromatic hydroxyl groups is 1. The van der Waals surface area contributed by atoms with Gasteiger partial charge < -0.3 is 5.11 Å². The first kappa shape index (κ1) is 17.4. The number of benzene rings is 1. The minimum atomic E-state index is 0.378. The molecule has 0 heterocycles. The van der Waals surface area contributed by atoms with Crippen molar-refractivity contribution in [3.8, 4) is 5.75 Å². The molecule has 2 rings (SSSR count). The van der Waals surface area contributed by atoms with E-state index >= 15 is 0 Å². The quantitative estimate of drug-likeness (QED) is 0.517. The van der Waals surface area contributed by atoms with Crippen LogP contribution in [0.3, 0.4) is 0 Å². The fraction of sp³-hybridized carbons (Fsp3) is 0.714. The van der Waals surface area contributed by atoms with Gasteiger partial charge in [-0.15, -0.1) is 0 Å². The van der Waals surface area contributed by atoms with Crippen molar-refractivity contribution in [3.05, 3.63) is 29.8 Å². The van der Waals surface area contributed by atoms with Crippen molar-refractivity contribution in [2.75, 3.05) is 0 Å². The predicted molar refractivity (Wildman–Crippen MR) is 95.3 cm³/mol. The molecule has 22 heavy (non-hydrogen) atoms. The summed E-state index contributed by atoms with van der Waals surface area (Å²) < 4.78 is 0. The molecule has 1 N–H and O–H groups in total. The van der Waals surface area contributed by atoms with E-state index < -0.39 is 0 Å². The summed E-state index contributed by atoms with van der Waals surface area (Å²) in [6, 6.07) is 7.75. The number of aryl methyl sites for hydroxylation is 1. The van der Waals surface area contributed by atoms with Crippen molar-refractivity contribution in [2.24, 2.45) is 11.8 Å². The Labute approximate surface area is 137 Å². The van der Waals surface area contributed by atoms with Crippen molar-refractivity contribution < 1.29 is 5.11 Å². The van der Waals surface area contributed by atoms with Gasteiger partial charge in [0.15, 0.2) is 0 Å². The van der Waals surface area contributed by atoms with Crippen molar-refractivity contribution in [1.82, 2.24) is 0 Å². The van der Waals surface area contributed by atoms with E-state index in [2.05, 4.69) is 19.1 Å². The Morgan fingerprint density at radius 1 is 0.818 bits per heavy atom. The highest BCUT2D eigenvalue weighted by atomic mass is 16.3. The minimum absolute atomic E-state index is 0.378. The van der Waals surface area contributed by atoms with Gasteiger partial charge in [0.25, 0.3) is 0 Å². The fourth-order valence-electron chi connectivity index (χ4n) is 3.88. The molecule has 0 amide bonds. The fourth-order valence-corrected chi connectivity index (χ4v) is 3.88. The third kappa shape index (κ3) is 6.42. The van der Waals surface area contributed by atoms with E-state index in [4.69, 9.17) is 0 Å². The van der Waals surface area contributed by atoms with Gasteiger partial charge >= 0.3 is 0 Å². The Morgan fingerprint density at radius 3 is 2.05 bits per heavy atom. The van der Waals surface area contributed by atoms with E-state index in [0.717, 1.165) is 11.8 Å². The first-order valence-corrected chi connectivity index (χ1v) is 9.56. The maximum Gasteiger partial charge on any atom is 0.115 e. The summed E-state index contributed by atoms with van der Waals surface area (Å²) >= 11 is 0. The molecule has 124 valence electrons. The Morgan fingerprint density at radius 2 is 1.41 bits per heavy atom. The molecular weight excluding hydrogens is 268 g/mol. The monoisotopic (exact) mass is 302 g/mol. The molecule has 1 nitrogen and oxygen atoms in total. The van der Waals surface area contributed by atoms with Crippen LogP contribution in [0, 0.1) is 11.8 Å². The second-order valence-corrected chi connectivity index (χ2v) is 7.29. The normalized spacial score (nSPS) is 21.9. The standard InChI is InChI=1S/C21H34O/c1-2-3-4-5-6-7-18-8-10-19(11-9-18)12-13-20-14-16-21(22)17-15-20/h14-19,22H,2-13H2,1H3. The lowest BCUT2D eigenvalue weighted by Crippen LogP contribution is -2.15. The maximum atomic E-state index is 9.32. The van der Waals surface area contributed by atoms with Crippen LogP contribution in [0.1, 0.15) is 83.1 Å². The largest absolute Gasteiger partial charge is 0.508 e. The van der Waals surface area contributed by atoms with Crippen LogP contribution in [0.15, 0.2) is 24.3 Å². The molecule has 0 aliphatic heterocycles. The van der Waals surface area contributed by atoms with E-state index in [0.29, 0.717) is 5.75 Å². The van der Waals surface area contributed by atoms with Crippen molar-refractivity contribution >= 4 is 0 Å². The zero-order valence-electron chi connectivity index (χ0n) is 14.4. The van der Waals surface area contributed by atoms with E-state index in [9.17, 15) is 5.11 Å². The van der Waals surface area contributed by atoms with Crippen LogP contribution in [-0.2, 0) is 6.42 Å². The molecule has 0 unspecified atom stereocenters. The molecule has 1 heteroatoms. The Balaban J connectivity index is 1.56. The Hall–Kier alpha value is -0.980. The molecule has 0 spiro atoms. The van der Waals surface area contributed by atoms with Gasteiger partial charge in [0.05, 0.1) is 0 Å². The van der Waals surface area contributed by atoms with Gasteiger partial charge in [0.2, 0.25) is 0 Å². The zero-order chi connectivity index (χ0) is 15.6. The number of phenols is 1. The lowest BCUT2D eigenvalue weighted by atomic mass is 9.78. The number of hydrogen-bond acceptors (Lipinski definition) is 1. The molecule has 0 saturated heterocycles. The third-order valence-electron chi connectivity index (χ3n) is 5.46. The lowest BCUT2D eigenvalue weighted by Gasteiger charge is -2.28. The third-order valence-corrected chi connectivity index (χ3v) is 5.46. The van der Waals surface area contributed by atoms with Gasteiger partial charge in [0.1, 0.15) is 5.75 Å². The van der Waals surface area contributed by atoms with Gasteiger partial charge in [-0.1, -0.05) is 83.3 Å². The van der Waals surface area contributed by atoms with Gasteiger partial charge in [-0.05, 0) is 42.4 Å². The molecule has 0 atom stereocenters. The van der Waals surface area contributed by atoms with E-state index in [1.807, 2.05) is 12.1 Å².